The molecule has 32 heavy (non-hydrogen) atoms. The van der Waals surface area contributed by atoms with Crippen molar-refractivity contribution in [3.05, 3.63) is 65.7 Å². The summed E-state index contributed by atoms with van der Waals surface area (Å²) < 4.78 is 10.4. The molecule has 0 bridgehead atoms. The first-order valence-electron chi connectivity index (χ1n) is 10.1. The highest BCUT2D eigenvalue weighted by atomic mass is 16.6. The Morgan fingerprint density at radius 2 is 1.62 bits per heavy atom. The van der Waals surface area contributed by atoms with E-state index >= 15 is 0 Å². The molecule has 1 atom stereocenters. The van der Waals surface area contributed by atoms with Crippen LogP contribution in [0.5, 0.6) is 5.75 Å². The quantitative estimate of drug-likeness (QED) is 0.591. The van der Waals surface area contributed by atoms with Crippen molar-refractivity contribution in [1.29, 1.82) is 0 Å². The molecule has 3 amide bonds. The molecule has 0 aliphatic rings. The minimum Gasteiger partial charge on any atom is -0.508 e. The number of carbonyl (C=O) groups excluding carboxylic acids is 3. The molecule has 0 fully saturated rings. The van der Waals surface area contributed by atoms with Crippen molar-refractivity contribution >= 4 is 18.1 Å². The van der Waals surface area contributed by atoms with Gasteiger partial charge in [-0.15, -0.1) is 0 Å². The molecule has 0 saturated carbocycles. The van der Waals surface area contributed by atoms with Gasteiger partial charge in [-0.3, -0.25) is 10.2 Å². The van der Waals surface area contributed by atoms with Crippen LogP contribution in [0, 0.1) is 0 Å². The lowest BCUT2D eigenvalue weighted by molar-refractivity contribution is -0.127. The second kappa shape index (κ2) is 11.0. The van der Waals surface area contributed by atoms with Gasteiger partial charge in [0.2, 0.25) is 0 Å². The van der Waals surface area contributed by atoms with Crippen molar-refractivity contribution in [3.8, 4) is 5.75 Å². The summed E-state index contributed by atoms with van der Waals surface area (Å²) in [5.74, 6) is -0.558. The number of phenols is 1. The fraction of sp³-hybridized carbons (Fsp3) is 0.348. The molecule has 2 aromatic carbocycles. The minimum atomic E-state index is -1.05. The van der Waals surface area contributed by atoms with Gasteiger partial charge in [-0.1, -0.05) is 42.5 Å². The van der Waals surface area contributed by atoms with Crippen LogP contribution in [0.2, 0.25) is 0 Å². The van der Waals surface area contributed by atoms with Gasteiger partial charge in [0.25, 0.3) is 5.91 Å². The summed E-state index contributed by atoms with van der Waals surface area (Å²) in [6.07, 6.45) is -1.43. The number of alkyl carbamates (subject to hydrolysis) is 1. The van der Waals surface area contributed by atoms with E-state index in [0.717, 1.165) is 10.6 Å². The topological polar surface area (TPSA) is 117 Å². The molecule has 0 aromatic heterocycles. The summed E-state index contributed by atoms with van der Waals surface area (Å²) in [4.78, 5) is 37.3. The van der Waals surface area contributed by atoms with Gasteiger partial charge in [0.05, 0.1) is 0 Å². The first-order chi connectivity index (χ1) is 15.0. The fourth-order valence-corrected chi connectivity index (χ4v) is 2.60. The SMILES string of the molecule is CN(NC(=O)[C@H](Cc1ccc(O)cc1)NC(=O)OCc1ccccc1)C(=O)OC(C)(C)C. The summed E-state index contributed by atoms with van der Waals surface area (Å²) >= 11 is 0. The molecule has 2 aromatic rings. The van der Waals surface area contributed by atoms with Crippen LogP contribution in [0.4, 0.5) is 9.59 Å². The number of ether oxygens (including phenoxy) is 2. The molecule has 0 saturated heterocycles. The number of hydrogen-bond acceptors (Lipinski definition) is 6. The smallest absolute Gasteiger partial charge is 0.428 e. The monoisotopic (exact) mass is 443 g/mol. The Morgan fingerprint density at radius 1 is 1.00 bits per heavy atom. The van der Waals surface area contributed by atoms with Crippen LogP contribution in [0.3, 0.4) is 0 Å². The molecule has 0 unspecified atom stereocenters. The van der Waals surface area contributed by atoms with Gasteiger partial charge < -0.3 is 19.9 Å². The van der Waals surface area contributed by atoms with Gasteiger partial charge in [-0.25, -0.2) is 14.6 Å². The third-order valence-corrected chi connectivity index (χ3v) is 4.14. The van der Waals surface area contributed by atoms with E-state index < -0.39 is 29.7 Å². The molecular weight excluding hydrogens is 414 g/mol. The number of nitrogens with one attached hydrogen (secondary N) is 2. The van der Waals surface area contributed by atoms with E-state index in [9.17, 15) is 19.5 Å². The largest absolute Gasteiger partial charge is 0.508 e. The van der Waals surface area contributed by atoms with Gasteiger partial charge in [-0.2, -0.15) is 0 Å². The highest BCUT2D eigenvalue weighted by Gasteiger charge is 2.26. The normalized spacial score (nSPS) is 11.8. The predicted molar refractivity (Wildman–Crippen MR) is 118 cm³/mol. The first kappa shape index (κ1) is 24.5. The number of hydrogen-bond donors (Lipinski definition) is 3. The Kier molecular flexibility index (Phi) is 8.46. The molecule has 9 heteroatoms. The molecular formula is C23H29N3O6. The van der Waals surface area contributed by atoms with E-state index in [4.69, 9.17) is 9.47 Å². The molecule has 0 radical (unpaired) electrons. The predicted octanol–water partition coefficient (Wildman–Crippen LogP) is 3.13. The lowest BCUT2D eigenvalue weighted by Gasteiger charge is -2.26. The average Bonchev–Trinajstić information content (AvgIpc) is 2.72. The van der Waals surface area contributed by atoms with Crippen LogP contribution in [0.1, 0.15) is 31.9 Å². The number of amides is 3. The number of nitrogens with zero attached hydrogens (tertiary/aromatic N) is 1. The Morgan fingerprint density at radius 3 is 2.22 bits per heavy atom. The average molecular weight is 444 g/mol. The van der Waals surface area contributed by atoms with E-state index in [2.05, 4.69) is 10.7 Å². The summed E-state index contributed by atoms with van der Waals surface area (Å²) in [6, 6.07) is 14.3. The maximum atomic E-state index is 12.8. The second-order valence-electron chi connectivity index (χ2n) is 8.14. The molecule has 9 nitrogen and oxygen atoms in total. The number of rotatable bonds is 6. The lowest BCUT2D eigenvalue weighted by Crippen LogP contribution is -2.54. The van der Waals surface area contributed by atoms with Crippen LogP contribution in [0.15, 0.2) is 54.6 Å². The summed E-state index contributed by atoms with van der Waals surface area (Å²) in [7, 11) is 1.34. The summed E-state index contributed by atoms with van der Waals surface area (Å²) in [6.45, 7) is 5.16. The molecule has 2 rings (SSSR count). The zero-order chi connectivity index (χ0) is 23.7. The van der Waals surface area contributed by atoms with Gasteiger partial charge in [0, 0.05) is 13.5 Å². The Bertz CT molecular complexity index is 910. The third-order valence-electron chi connectivity index (χ3n) is 4.14. The highest BCUT2D eigenvalue weighted by Crippen LogP contribution is 2.12. The van der Waals surface area contributed by atoms with Crippen molar-refractivity contribution in [2.45, 2.75) is 45.4 Å². The summed E-state index contributed by atoms with van der Waals surface area (Å²) in [5, 5.41) is 12.9. The molecule has 0 spiro atoms. The zero-order valence-electron chi connectivity index (χ0n) is 18.6. The van der Waals surface area contributed by atoms with Gasteiger partial charge >= 0.3 is 12.2 Å². The van der Waals surface area contributed by atoms with E-state index in [-0.39, 0.29) is 18.8 Å². The maximum absolute atomic E-state index is 12.8. The van der Waals surface area contributed by atoms with Crippen molar-refractivity contribution in [2.75, 3.05) is 7.05 Å². The second-order valence-corrected chi connectivity index (χ2v) is 8.14. The Labute approximate surface area is 187 Å². The van der Waals surface area contributed by atoms with E-state index in [1.807, 2.05) is 30.3 Å². The first-order valence-corrected chi connectivity index (χ1v) is 10.1. The molecule has 3 N–H and O–H groups in total. The number of carbonyl (C=O) groups is 3. The van der Waals surface area contributed by atoms with E-state index in [1.54, 1.807) is 32.9 Å². The van der Waals surface area contributed by atoms with Gasteiger partial charge in [0.15, 0.2) is 0 Å². The van der Waals surface area contributed by atoms with Crippen LogP contribution in [-0.2, 0) is 27.3 Å². The Balaban J connectivity index is 2.05. The van der Waals surface area contributed by atoms with Crippen LogP contribution >= 0.6 is 0 Å². The number of hydrazine groups is 1. The van der Waals surface area contributed by atoms with Gasteiger partial charge in [-0.05, 0) is 44.0 Å². The third kappa shape index (κ3) is 8.55. The highest BCUT2D eigenvalue weighted by molar-refractivity contribution is 5.87. The number of aromatic hydroxyl groups is 1. The van der Waals surface area contributed by atoms with E-state index in [0.29, 0.717) is 5.56 Å². The fourth-order valence-electron chi connectivity index (χ4n) is 2.60. The summed E-state index contributed by atoms with van der Waals surface area (Å²) in [5.41, 5.74) is 3.16. The van der Waals surface area contributed by atoms with E-state index in [1.165, 1.54) is 19.2 Å². The van der Waals surface area contributed by atoms with Crippen molar-refractivity contribution in [1.82, 2.24) is 15.8 Å². The number of phenolic OH excluding ortho intramolecular Hbond substituents is 1. The van der Waals surface area contributed by atoms with Crippen molar-refractivity contribution in [3.63, 3.8) is 0 Å². The van der Waals surface area contributed by atoms with Crippen LogP contribution in [0.25, 0.3) is 0 Å². The maximum Gasteiger partial charge on any atom is 0.428 e. The Hall–Kier alpha value is -3.75. The lowest BCUT2D eigenvalue weighted by atomic mass is 10.1. The zero-order valence-corrected chi connectivity index (χ0v) is 18.6. The standard InChI is InChI=1S/C23H29N3O6/c1-23(2,3)32-22(30)26(4)25-20(28)19(14-16-10-12-18(27)13-11-16)24-21(29)31-15-17-8-6-5-7-9-17/h5-13,19,27H,14-15H2,1-4H3,(H,24,29)(H,25,28)/t19-/m0/s1. The van der Waals surface area contributed by atoms with Crippen molar-refractivity contribution < 1.29 is 29.0 Å². The molecule has 172 valence electrons. The van der Waals surface area contributed by atoms with Crippen molar-refractivity contribution in [2.24, 2.45) is 0 Å². The number of benzene rings is 2. The molecule has 0 aliphatic heterocycles. The van der Waals surface area contributed by atoms with Crippen LogP contribution in [-0.4, -0.2) is 46.9 Å². The van der Waals surface area contributed by atoms with Crippen LogP contribution < -0.4 is 10.7 Å². The molecule has 0 heterocycles. The minimum absolute atomic E-state index is 0.0397. The molecule has 0 aliphatic carbocycles. The van der Waals surface area contributed by atoms with Gasteiger partial charge in [0.1, 0.15) is 24.0 Å².